The molecule has 0 aromatic rings. The van der Waals surface area contributed by atoms with Gasteiger partial charge >= 0.3 is 23.9 Å². The maximum Gasteiger partial charge on any atom is 0.305 e. The third-order valence-corrected chi connectivity index (χ3v) is 3.05. The minimum absolute atomic E-state index is 0.262. The quantitative estimate of drug-likeness (QED) is 0.510. The fourth-order valence-corrected chi connectivity index (χ4v) is 2.28. The normalized spacial score (nSPS) is 29.5. The van der Waals surface area contributed by atoms with E-state index < -0.39 is 48.0 Å². The molecule has 0 aromatic heterocycles. The molecule has 3 unspecified atom stereocenters. The molecule has 1 fully saturated rings. The van der Waals surface area contributed by atoms with E-state index in [1.807, 2.05) is 0 Å². The van der Waals surface area contributed by atoms with E-state index in [1.54, 1.807) is 0 Å². The van der Waals surface area contributed by atoms with Crippen LogP contribution in [0.2, 0.25) is 0 Å². The van der Waals surface area contributed by atoms with Gasteiger partial charge in [-0.05, 0) is 6.92 Å². The van der Waals surface area contributed by atoms with Crippen molar-refractivity contribution in [2.45, 2.75) is 58.7 Å². The molecule has 130 valence electrons. The van der Waals surface area contributed by atoms with Gasteiger partial charge in [-0.25, -0.2) is 0 Å². The summed E-state index contributed by atoms with van der Waals surface area (Å²) in [6.45, 7) is 5.81. The first-order valence-corrected chi connectivity index (χ1v) is 6.89. The Bertz CT molecular complexity index is 500. The summed E-state index contributed by atoms with van der Waals surface area (Å²) in [7, 11) is 0. The molecule has 1 saturated heterocycles. The summed E-state index contributed by atoms with van der Waals surface area (Å²) >= 11 is 0. The van der Waals surface area contributed by atoms with Crippen molar-refractivity contribution in [3.05, 3.63) is 0 Å². The maximum atomic E-state index is 11.4. The Hall–Kier alpha value is -2.16. The van der Waals surface area contributed by atoms with Gasteiger partial charge in [0.05, 0.1) is 0 Å². The molecule has 0 N–H and O–H groups in total. The van der Waals surface area contributed by atoms with Crippen molar-refractivity contribution in [2.75, 3.05) is 6.61 Å². The van der Waals surface area contributed by atoms with E-state index in [9.17, 15) is 19.2 Å². The lowest BCUT2D eigenvalue weighted by Crippen LogP contribution is -2.52. The first-order valence-electron chi connectivity index (χ1n) is 6.89. The Morgan fingerprint density at radius 1 is 0.913 bits per heavy atom. The monoisotopic (exact) mass is 332 g/mol. The Balaban J connectivity index is 3.11. The predicted molar refractivity (Wildman–Crippen MR) is 72.8 cm³/mol. The predicted octanol–water partition coefficient (Wildman–Crippen LogP) is 0.0910. The van der Waals surface area contributed by atoms with Gasteiger partial charge in [0.15, 0.2) is 6.10 Å². The van der Waals surface area contributed by atoms with Crippen LogP contribution in [0.25, 0.3) is 0 Å². The molecule has 0 bridgehead atoms. The van der Waals surface area contributed by atoms with E-state index >= 15 is 0 Å². The van der Waals surface area contributed by atoms with Gasteiger partial charge in [0.2, 0.25) is 11.9 Å². The summed E-state index contributed by atoms with van der Waals surface area (Å²) < 4.78 is 25.7. The summed E-state index contributed by atoms with van der Waals surface area (Å²) in [6, 6.07) is 0. The third-order valence-electron chi connectivity index (χ3n) is 3.05. The Morgan fingerprint density at radius 3 is 1.91 bits per heavy atom. The van der Waals surface area contributed by atoms with E-state index in [2.05, 4.69) is 0 Å². The van der Waals surface area contributed by atoms with E-state index in [1.165, 1.54) is 13.8 Å². The number of carbonyl (C=O) groups is 4. The first kappa shape index (κ1) is 18.9. The third kappa shape index (κ3) is 4.92. The van der Waals surface area contributed by atoms with Crippen molar-refractivity contribution >= 4 is 23.9 Å². The van der Waals surface area contributed by atoms with E-state index in [4.69, 9.17) is 23.7 Å². The second kappa shape index (κ2) is 7.40. The molecule has 4 atom stereocenters. The second-order valence-electron chi connectivity index (χ2n) is 5.23. The van der Waals surface area contributed by atoms with Crippen LogP contribution in [0.3, 0.4) is 0 Å². The summed E-state index contributed by atoms with van der Waals surface area (Å²) in [5, 5.41) is 0. The molecule has 23 heavy (non-hydrogen) atoms. The lowest BCUT2D eigenvalue weighted by molar-refractivity contribution is -0.219. The van der Waals surface area contributed by atoms with Crippen LogP contribution in [0.1, 0.15) is 34.6 Å². The highest BCUT2D eigenvalue weighted by atomic mass is 16.8. The highest BCUT2D eigenvalue weighted by molar-refractivity contribution is 5.69. The topological polar surface area (TPSA) is 114 Å². The standard InChI is InChI=1S/C14H20O9/c1-7(15)19-6-11-12(20-8(2)16)14(5,23-10(4)18)13(22-11)21-9(3)17/h11-13H,6H2,1-5H3/t11?,12?,13?,14-/m1/s1. The molecule has 9 nitrogen and oxygen atoms in total. The Morgan fingerprint density at radius 2 is 1.48 bits per heavy atom. The maximum absolute atomic E-state index is 11.4. The fraction of sp³-hybridized carbons (Fsp3) is 0.714. The van der Waals surface area contributed by atoms with Crippen molar-refractivity contribution in [2.24, 2.45) is 0 Å². The molecule has 1 rings (SSSR count). The van der Waals surface area contributed by atoms with Gasteiger partial charge in [-0.3, -0.25) is 19.2 Å². The van der Waals surface area contributed by atoms with Gasteiger partial charge in [0.1, 0.15) is 12.7 Å². The van der Waals surface area contributed by atoms with Crippen LogP contribution < -0.4 is 0 Å². The zero-order chi connectivity index (χ0) is 17.8. The van der Waals surface area contributed by atoms with Gasteiger partial charge in [0, 0.05) is 27.7 Å². The zero-order valence-corrected chi connectivity index (χ0v) is 13.6. The lowest BCUT2D eigenvalue weighted by atomic mass is 9.97. The number of hydrogen-bond acceptors (Lipinski definition) is 9. The minimum atomic E-state index is -1.58. The number of rotatable bonds is 5. The number of hydrogen-bond donors (Lipinski definition) is 0. The van der Waals surface area contributed by atoms with Gasteiger partial charge < -0.3 is 23.7 Å². The molecule has 9 heteroatoms. The molecule has 1 aliphatic heterocycles. The summed E-state index contributed by atoms with van der Waals surface area (Å²) in [5.74, 6) is -2.59. The molecule has 0 amide bonds. The van der Waals surface area contributed by atoms with Gasteiger partial charge in [-0.1, -0.05) is 0 Å². The summed E-state index contributed by atoms with van der Waals surface area (Å²) in [6.07, 6.45) is -3.39. The molecule has 1 aliphatic rings. The number of carbonyl (C=O) groups excluding carboxylic acids is 4. The smallest absolute Gasteiger partial charge is 0.305 e. The lowest BCUT2D eigenvalue weighted by Gasteiger charge is -2.32. The van der Waals surface area contributed by atoms with Crippen molar-refractivity contribution in [3.8, 4) is 0 Å². The molecule has 0 spiro atoms. The highest BCUT2D eigenvalue weighted by Crippen LogP contribution is 2.37. The van der Waals surface area contributed by atoms with Gasteiger partial charge in [-0.2, -0.15) is 0 Å². The van der Waals surface area contributed by atoms with Crippen molar-refractivity contribution < 1.29 is 42.9 Å². The van der Waals surface area contributed by atoms with Crippen LogP contribution in [-0.2, 0) is 42.9 Å². The molecule has 0 radical (unpaired) electrons. The molecule has 0 aromatic carbocycles. The summed E-state index contributed by atoms with van der Waals surface area (Å²) in [5.41, 5.74) is -1.58. The van der Waals surface area contributed by atoms with Crippen LogP contribution in [0.15, 0.2) is 0 Å². The molecular weight excluding hydrogens is 312 g/mol. The first-order chi connectivity index (χ1) is 10.6. The average Bonchev–Trinajstić information content (AvgIpc) is 2.59. The second-order valence-corrected chi connectivity index (χ2v) is 5.23. The number of ether oxygens (including phenoxy) is 5. The Kier molecular flexibility index (Phi) is 6.08. The fourth-order valence-electron chi connectivity index (χ4n) is 2.28. The van der Waals surface area contributed by atoms with Crippen LogP contribution in [-0.4, -0.2) is 54.6 Å². The summed E-state index contributed by atoms with van der Waals surface area (Å²) in [4.78, 5) is 45.0. The van der Waals surface area contributed by atoms with Crippen LogP contribution in [0.5, 0.6) is 0 Å². The molecular formula is C14H20O9. The van der Waals surface area contributed by atoms with Gasteiger partial charge in [-0.15, -0.1) is 0 Å². The van der Waals surface area contributed by atoms with Crippen molar-refractivity contribution in [1.82, 2.24) is 0 Å². The Labute approximate surface area is 133 Å². The van der Waals surface area contributed by atoms with Crippen LogP contribution >= 0.6 is 0 Å². The highest BCUT2D eigenvalue weighted by Gasteiger charge is 2.60. The molecule has 1 heterocycles. The van der Waals surface area contributed by atoms with Crippen LogP contribution in [0, 0.1) is 0 Å². The molecule has 0 saturated carbocycles. The largest absolute Gasteiger partial charge is 0.463 e. The number of esters is 4. The van der Waals surface area contributed by atoms with Gasteiger partial charge in [0.25, 0.3) is 0 Å². The van der Waals surface area contributed by atoms with Crippen molar-refractivity contribution in [1.29, 1.82) is 0 Å². The van der Waals surface area contributed by atoms with E-state index in [0.29, 0.717) is 0 Å². The minimum Gasteiger partial charge on any atom is -0.463 e. The van der Waals surface area contributed by atoms with Crippen molar-refractivity contribution in [3.63, 3.8) is 0 Å². The van der Waals surface area contributed by atoms with E-state index in [-0.39, 0.29) is 6.61 Å². The van der Waals surface area contributed by atoms with E-state index in [0.717, 1.165) is 20.8 Å². The van der Waals surface area contributed by atoms with Crippen LogP contribution in [0.4, 0.5) is 0 Å². The SMILES string of the molecule is CC(=O)OCC1OC(OC(C)=O)[C@](C)(OC(C)=O)C1OC(C)=O. The zero-order valence-electron chi connectivity index (χ0n) is 13.6. The molecule has 0 aliphatic carbocycles. The average molecular weight is 332 g/mol.